The zero-order valence-corrected chi connectivity index (χ0v) is 13.4. The summed E-state index contributed by atoms with van der Waals surface area (Å²) < 4.78 is 28.3. The molecule has 1 aromatic rings. The van der Waals surface area contributed by atoms with Gasteiger partial charge in [0.1, 0.15) is 5.75 Å². The number of carbonyl (C=O) groups excluding carboxylic acids is 1. The Bertz CT molecular complexity index is 527. The number of carbonyl (C=O) groups is 1. The molecule has 0 aliphatic heterocycles. The number of hydrogen-bond donors (Lipinski definition) is 1. The number of amides is 1. The van der Waals surface area contributed by atoms with Gasteiger partial charge in [-0.3, -0.25) is 4.79 Å². The summed E-state index contributed by atoms with van der Waals surface area (Å²) in [6, 6.07) is 6.18. The molecule has 0 unspecified atom stereocenters. The topological polar surface area (TPSA) is 59.9 Å². The zero-order valence-electron chi connectivity index (χ0n) is 13.4. The number of oxime groups is 1. The first-order valence-corrected chi connectivity index (χ1v) is 8.13. The van der Waals surface area contributed by atoms with E-state index in [1.807, 2.05) is 0 Å². The zero-order chi connectivity index (χ0) is 17.2. The molecule has 0 spiro atoms. The summed E-state index contributed by atoms with van der Waals surface area (Å²) in [6.07, 6.45) is 8.20. The molecule has 0 aromatic heterocycles. The van der Waals surface area contributed by atoms with Gasteiger partial charge in [0.2, 0.25) is 0 Å². The summed E-state index contributed by atoms with van der Waals surface area (Å²) in [7, 11) is 0. The van der Waals surface area contributed by atoms with Crippen LogP contribution in [0.2, 0.25) is 0 Å². The lowest BCUT2D eigenvalue weighted by Crippen LogP contribution is -2.36. The number of hydrogen-bond acceptors (Lipinski definition) is 4. The largest absolute Gasteiger partial charge is 0.435 e. The summed E-state index contributed by atoms with van der Waals surface area (Å²) >= 11 is 0. The van der Waals surface area contributed by atoms with Crippen molar-refractivity contribution in [3.63, 3.8) is 0 Å². The van der Waals surface area contributed by atoms with Crippen molar-refractivity contribution in [1.29, 1.82) is 0 Å². The van der Waals surface area contributed by atoms with Crippen LogP contribution in [0.15, 0.2) is 29.4 Å². The van der Waals surface area contributed by atoms with Crippen LogP contribution in [0.1, 0.15) is 44.1 Å². The van der Waals surface area contributed by atoms with Crippen LogP contribution >= 0.6 is 0 Å². The van der Waals surface area contributed by atoms with Crippen molar-refractivity contribution in [3.05, 3.63) is 29.8 Å². The second-order valence-electron chi connectivity index (χ2n) is 5.71. The number of nitrogens with zero attached hydrogens (tertiary/aromatic N) is 1. The lowest BCUT2D eigenvalue weighted by Gasteiger charge is -2.15. The summed E-state index contributed by atoms with van der Waals surface area (Å²) in [5.74, 6) is -0.106. The van der Waals surface area contributed by atoms with Crippen LogP contribution in [-0.4, -0.2) is 31.4 Å². The smallest absolute Gasteiger partial charge is 0.387 e. The minimum atomic E-state index is -2.85. The van der Waals surface area contributed by atoms with Gasteiger partial charge >= 0.3 is 6.61 Å². The monoisotopic (exact) mass is 340 g/mol. The fourth-order valence-electron chi connectivity index (χ4n) is 2.62. The van der Waals surface area contributed by atoms with Crippen LogP contribution in [-0.2, 0) is 9.63 Å². The highest BCUT2D eigenvalue weighted by Crippen LogP contribution is 2.17. The SMILES string of the molecule is O=C(CON=Cc1ccc(OC(F)F)cc1)NC1CCCCCC1. The molecule has 1 fully saturated rings. The molecule has 0 heterocycles. The van der Waals surface area contributed by atoms with E-state index in [9.17, 15) is 13.6 Å². The first-order chi connectivity index (χ1) is 11.6. The maximum absolute atomic E-state index is 12.0. The second kappa shape index (κ2) is 9.85. The van der Waals surface area contributed by atoms with Crippen molar-refractivity contribution in [2.45, 2.75) is 51.2 Å². The summed E-state index contributed by atoms with van der Waals surface area (Å²) in [6.45, 7) is -2.99. The Kier molecular flexibility index (Phi) is 7.45. The van der Waals surface area contributed by atoms with Gasteiger partial charge in [0.05, 0.1) is 6.21 Å². The average molecular weight is 340 g/mol. The molecule has 0 bridgehead atoms. The van der Waals surface area contributed by atoms with Crippen LogP contribution in [0, 0.1) is 0 Å². The number of nitrogens with one attached hydrogen (secondary N) is 1. The van der Waals surface area contributed by atoms with E-state index in [-0.39, 0.29) is 24.3 Å². The first-order valence-electron chi connectivity index (χ1n) is 8.13. The van der Waals surface area contributed by atoms with E-state index in [0.717, 1.165) is 25.7 Å². The number of alkyl halides is 2. The molecule has 1 aliphatic rings. The Morgan fingerprint density at radius 2 is 1.88 bits per heavy atom. The molecule has 1 aliphatic carbocycles. The van der Waals surface area contributed by atoms with Crippen LogP contribution in [0.5, 0.6) is 5.75 Å². The molecule has 1 N–H and O–H groups in total. The molecule has 24 heavy (non-hydrogen) atoms. The number of rotatable bonds is 7. The fraction of sp³-hybridized carbons (Fsp3) is 0.529. The van der Waals surface area contributed by atoms with Gasteiger partial charge in [-0.05, 0) is 42.7 Å². The predicted molar refractivity (Wildman–Crippen MR) is 86.3 cm³/mol. The third-order valence-corrected chi connectivity index (χ3v) is 3.80. The average Bonchev–Trinajstić information content (AvgIpc) is 2.81. The van der Waals surface area contributed by atoms with Crippen molar-refractivity contribution in [1.82, 2.24) is 5.32 Å². The third kappa shape index (κ3) is 6.93. The Labute approximate surface area is 140 Å². The van der Waals surface area contributed by atoms with Gasteiger partial charge in [0, 0.05) is 6.04 Å². The molecule has 1 saturated carbocycles. The van der Waals surface area contributed by atoms with Crippen molar-refractivity contribution in [2.75, 3.05) is 6.61 Å². The molecule has 1 amide bonds. The molecule has 0 radical (unpaired) electrons. The fourth-order valence-corrected chi connectivity index (χ4v) is 2.62. The highest BCUT2D eigenvalue weighted by molar-refractivity contribution is 5.80. The summed E-state index contributed by atoms with van der Waals surface area (Å²) in [4.78, 5) is 16.8. The van der Waals surface area contributed by atoms with Crippen LogP contribution in [0.3, 0.4) is 0 Å². The summed E-state index contributed by atoms with van der Waals surface area (Å²) in [5.41, 5.74) is 0.654. The molecular weight excluding hydrogens is 318 g/mol. The van der Waals surface area contributed by atoms with Crippen molar-refractivity contribution in [2.24, 2.45) is 5.16 Å². The standard InChI is InChI=1S/C17H22F2N2O3/c18-17(19)24-15-9-7-13(8-10-15)11-20-23-12-16(22)21-14-5-3-1-2-4-6-14/h7-11,14,17H,1-6,12H2,(H,21,22). The number of ether oxygens (including phenoxy) is 1. The number of halogens is 2. The lowest BCUT2D eigenvalue weighted by molar-refractivity contribution is -0.126. The van der Waals surface area contributed by atoms with E-state index in [1.165, 1.54) is 31.2 Å². The maximum atomic E-state index is 12.0. The Balaban J connectivity index is 1.68. The molecular formula is C17H22F2N2O3. The summed E-state index contributed by atoms with van der Waals surface area (Å²) in [5, 5.41) is 6.67. The van der Waals surface area contributed by atoms with Crippen molar-refractivity contribution < 1.29 is 23.1 Å². The normalized spacial score (nSPS) is 16.1. The molecule has 132 valence electrons. The molecule has 0 atom stereocenters. The molecule has 5 nitrogen and oxygen atoms in total. The molecule has 2 rings (SSSR count). The minimum Gasteiger partial charge on any atom is -0.435 e. The van der Waals surface area contributed by atoms with Gasteiger partial charge in [-0.1, -0.05) is 30.8 Å². The Morgan fingerprint density at radius 1 is 1.21 bits per heavy atom. The Hall–Kier alpha value is -2.18. The second-order valence-corrected chi connectivity index (χ2v) is 5.71. The minimum absolute atomic E-state index is 0.0749. The van der Waals surface area contributed by atoms with E-state index in [2.05, 4.69) is 15.2 Å². The van der Waals surface area contributed by atoms with E-state index in [0.29, 0.717) is 5.56 Å². The first kappa shape index (κ1) is 18.2. The lowest BCUT2D eigenvalue weighted by atomic mass is 10.1. The van der Waals surface area contributed by atoms with Gasteiger partial charge in [0.25, 0.3) is 5.91 Å². The maximum Gasteiger partial charge on any atom is 0.387 e. The van der Waals surface area contributed by atoms with E-state index in [1.54, 1.807) is 12.1 Å². The number of benzene rings is 1. The van der Waals surface area contributed by atoms with Gasteiger partial charge in [0.15, 0.2) is 6.61 Å². The van der Waals surface area contributed by atoms with Gasteiger partial charge in [-0.25, -0.2) is 0 Å². The van der Waals surface area contributed by atoms with Crippen LogP contribution in [0.25, 0.3) is 0 Å². The highest BCUT2D eigenvalue weighted by atomic mass is 19.3. The van der Waals surface area contributed by atoms with E-state index in [4.69, 9.17) is 4.84 Å². The molecule has 0 saturated heterocycles. The van der Waals surface area contributed by atoms with E-state index >= 15 is 0 Å². The Morgan fingerprint density at radius 3 is 2.50 bits per heavy atom. The third-order valence-electron chi connectivity index (χ3n) is 3.80. The van der Waals surface area contributed by atoms with E-state index < -0.39 is 6.61 Å². The van der Waals surface area contributed by atoms with Gasteiger partial charge in [-0.15, -0.1) is 0 Å². The van der Waals surface area contributed by atoms with Crippen molar-refractivity contribution >= 4 is 12.1 Å². The van der Waals surface area contributed by atoms with Crippen molar-refractivity contribution in [3.8, 4) is 5.75 Å². The molecule has 7 heteroatoms. The highest BCUT2D eigenvalue weighted by Gasteiger charge is 2.14. The van der Waals surface area contributed by atoms with Gasteiger partial charge < -0.3 is 14.9 Å². The van der Waals surface area contributed by atoms with Crippen LogP contribution < -0.4 is 10.1 Å². The molecule has 1 aromatic carbocycles. The predicted octanol–water partition coefficient (Wildman–Crippen LogP) is 3.48. The van der Waals surface area contributed by atoms with Gasteiger partial charge in [-0.2, -0.15) is 8.78 Å². The quantitative estimate of drug-likeness (QED) is 0.470. The van der Waals surface area contributed by atoms with Crippen LogP contribution in [0.4, 0.5) is 8.78 Å².